The van der Waals surface area contributed by atoms with Gasteiger partial charge in [-0.25, -0.2) is 0 Å². The van der Waals surface area contributed by atoms with E-state index in [0.29, 0.717) is 42.8 Å². The Morgan fingerprint density at radius 2 is 1.72 bits per heavy atom. The minimum Gasteiger partial charge on any atom is -0.340 e. The van der Waals surface area contributed by atoms with Crippen molar-refractivity contribution < 1.29 is 9.32 Å². The number of carbonyl (C=O) groups excluding carboxylic acids is 1. The van der Waals surface area contributed by atoms with E-state index in [1.807, 2.05) is 48.2 Å². The minimum absolute atomic E-state index is 0.177. The number of nitrogens with zero attached hydrogens (tertiary/aromatic N) is 4. The predicted molar refractivity (Wildman–Crippen MR) is 111 cm³/mol. The first-order valence-corrected chi connectivity index (χ1v) is 10.1. The molecular formula is C22H23ClN4O2. The molecule has 2 aromatic carbocycles. The van der Waals surface area contributed by atoms with Crippen molar-refractivity contribution in [1.29, 1.82) is 0 Å². The van der Waals surface area contributed by atoms with Crippen LogP contribution in [0.15, 0.2) is 53.1 Å². The van der Waals surface area contributed by atoms with Gasteiger partial charge in [-0.3, -0.25) is 9.69 Å². The summed E-state index contributed by atoms with van der Waals surface area (Å²) in [5.74, 6) is 1.31. The lowest BCUT2D eigenvalue weighted by Crippen LogP contribution is -2.48. The van der Waals surface area contributed by atoms with Gasteiger partial charge in [-0.1, -0.05) is 46.6 Å². The van der Waals surface area contributed by atoms with E-state index in [9.17, 15) is 4.79 Å². The number of amides is 1. The van der Waals surface area contributed by atoms with Gasteiger partial charge in [-0.05, 0) is 36.8 Å². The smallest absolute Gasteiger partial charge is 0.241 e. The van der Waals surface area contributed by atoms with Crippen LogP contribution in [0.2, 0.25) is 5.02 Å². The first-order valence-electron chi connectivity index (χ1n) is 9.71. The Labute approximate surface area is 175 Å². The second-order valence-corrected chi connectivity index (χ2v) is 7.77. The Balaban J connectivity index is 1.28. The fraction of sp³-hybridized carbons (Fsp3) is 0.318. The number of aryl methyl sites for hydroxylation is 1. The molecule has 0 atom stereocenters. The molecule has 150 valence electrons. The monoisotopic (exact) mass is 410 g/mol. The first-order chi connectivity index (χ1) is 14.1. The van der Waals surface area contributed by atoms with Crippen LogP contribution in [-0.4, -0.2) is 52.0 Å². The number of halogens is 1. The van der Waals surface area contributed by atoms with Gasteiger partial charge in [-0.2, -0.15) is 4.98 Å². The Morgan fingerprint density at radius 1 is 1.03 bits per heavy atom. The highest BCUT2D eigenvalue weighted by atomic mass is 35.5. The Kier molecular flexibility index (Phi) is 5.92. The summed E-state index contributed by atoms with van der Waals surface area (Å²) in [5, 5.41) is 4.73. The van der Waals surface area contributed by atoms with E-state index in [-0.39, 0.29) is 5.91 Å². The molecule has 0 saturated carbocycles. The lowest BCUT2D eigenvalue weighted by Gasteiger charge is -2.34. The van der Waals surface area contributed by atoms with Crippen LogP contribution in [0.1, 0.15) is 17.0 Å². The second-order valence-electron chi connectivity index (χ2n) is 7.34. The van der Waals surface area contributed by atoms with Gasteiger partial charge in [0.25, 0.3) is 0 Å². The van der Waals surface area contributed by atoms with Gasteiger partial charge in [0.2, 0.25) is 17.6 Å². The number of carbonyl (C=O) groups is 1. The van der Waals surface area contributed by atoms with Crippen LogP contribution in [0.4, 0.5) is 0 Å². The maximum atomic E-state index is 12.6. The van der Waals surface area contributed by atoms with E-state index in [0.717, 1.165) is 24.2 Å². The average molecular weight is 411 g/mol. The molecule has 7 heteroatoms. The Morgan fingerprint density at radius 3 is 2.41 bits per heavy atom. The summed E-state index contributed by atoms with van der Waals surface area (Å²) in [6, 6.07) is 15.5. The molecule has 2 heterocycles. The normalized spacial score (nSPS) is 14.9. The molecule has 1 fully saturated rings. The van der Waals surface area contributed by atoms with Crippen molar-refractivity contribution >= 4 is 17.5 Å². The molecule has 29 heavy (non-hydrogen) atoms. The van der Waals surface area contributed by atoms with Gasteiger partial charge in [0.15, 0.2) is 0 Å². The molecular weight excluding hydrogens is 388 g/mol. The standard InChI is InChI=1S/C22H23ClN4O2/c1-16-2-4-17(5-3-16)14-21(28)27-12-10-26(11-13-27)15-20-24-22(25-29-20)18-6-8-19(23)9-7-18/h2-9H,10-15H2,1H3. The number of piperazine rings is 1. The van der Waals surface area contributed by atoms with Gasteiger partial charge in [0.1, 0.15) is 0 Å². The molecule has 3 aromatic rings. The third kappa shape index (κ3) is 5.02. The highest BCUT2D eigenvalue weighted by Gasteiger charge is 2.22. The molecule has 4 rings (SSSR count). The number of aromatic nitrogens is 2. The van der Waals surface area contributed by atoms with Crippen LogP contribution < -0.4 is 0 Å². The molecule has 0 unspecified atom stereocenters. The van der Waals surface area contributed by atoms with Crippen molar-refractivity contribution in [1.82, 2.24) is 19.9 Å². The summed E-state index contributed by atoms with van der Waals surface area (Å²) in [6.45, 7) is 5.63. The zero-order chi connectivity index (χ0) is 20.2. The van der Waals surface area contributed by atoms with Gasteiger partial charge < -0.3 is 9.42 Å². The van der Waals surface area contributed by atoms with Gasteiger partial charge in [-0.15, -0.1) is 0 Å². The largest absolute Gasteiger partial charge is 0.340 e. The van der Waals surface area contributed by atoms with Crippen LogP contribution in [0, 0.1) is 6.92 Å². The molecule has 0 spiro atoms. The van der Waals surface area contributed by atoms with E-state index < -0.39 is 0 Å². The SMILES string of the molecule is Cc1ccc(CC(=O)N2CCN(Cc3nc(-c4ccc(Cl)cc4)no3)CC2)cc1. The Bertz CT molecular complexity index is 961. The number of benzene rings is 2. The number of rotatable bonds is 5. The van der Waals surface area contributed by atoms with Gasteiger partial charge >= 0.3 is 0 Å². The van der Waals surface area contributed by atoms with Crippen molar-refractivity contribution in [2.45, 2.75) is 19.9 Å². The van der Waals surface area contributed by atoms with E-state index in [4.69, 9.17) is 16.1 Å². The first kappa shape index (κ1) is 19.6. The maximum absolute atomic E-state index is 12.6. The molecule has 0 aliphatic carbocycles. The van der Waals surface area contributed by atoms with E-state index >= 15 is 0 Å². The highest BCUT2D eigenvalue weighted by molar-refractivity contribution is 6.30. The maximum Gasteiger partial charge on any atom is 0.241 e. The molecule has 1 amide bonds. The zero-order valence-electron chi connectivity index (χ0n) is 16.3. The summed E-state index contributed by atoms with van der Waals surface area (Å²) < 4.78 is 5.40. The summed E-state index contributed by atoms with van der Waals surface area (Å²) in [6.07, 6.45) is 0.453. The van der Waals surface area contributed by atoms with Gasteiger partial charge in [0.05, 0.1) is 13.0 Å². The topological polar surface area (TPSA) is 62.5 Å². The van der Waals surface area contributed by atoms with Crippen LogP contribution in [0.25, 0.3) is 11.4 Å². The highest BCUT2D eigenvalue weighted by Crippen LogP contribution is 2.19. The lowest BCUT2D eigenvalue weighted by atomic mass is 10.1. The van der Waals surface area contributed by atoms with Crippen molar-refractivity contribution in [3.8, 4) is 11.4 Å². The zero-order valence-corrected chi connectivity index (χ0v) is 17.1. The molecule has 1 aromatic heterocycles. The van der Waals surface area contributed by atoms with Gasteiger partial charge in [0, 0.05) is 36.8 Å². The lowest BCUT2D eigenvalue weighted by molar-refractivity contribution is -0.132. The van der Waals surface area contributed by atoms with Crippen LogP contribution in [-0.2, 0) is 17.8 Å². The van der Waals surface area contributed by atoms with E-state index in [1.165, 1.54) is 5.56 Å². The van der Waals surface area contributed by atoms with Crippen molar-refractivity contribution in [3.05, 3.63) is 70.6 Å². The Hall–Kier alpha value is -2.70. The number of hydrogen-bond acceptors (Lipinski definition) is 5. The van der Waals surface area contributed by atoms with Crippen molar-refractivity contribution in [3.63, 3.8) is 0 Å². The van der Waals surface area contributed by atoms with E-state index in [2.05, 4.69) is 15.0 Å². The van der Waals surface area contributed by atoms with Crippen molar-refractivity contribution in [2.24, 2.45) is 0 Å². The molecule has 0 N–H and O–H groups in total. The van der Waals surface area contributed by atoms with Crippen molar-refractivity contribution in [2.75, 3.05) is 26.2 Å². The summed E-state index contributed by atoms with van der Waals surface area (Å²) in [4.78, 5) is 21.2. The quantitative estimate of drug-likeness (QED) is 0.643. The van der Waals surface area contributed by atoms with Crippen LogP contribution in [0.3, 0.4) is 0 Å². The average Bonchev–Trinajstić information content (AvgIpc) is 3.19. The molecule has 1 aliphatic rings. The molecule has 1 aliphatic heterocycles. The summed E-state index contributed by atoms with van der Waals surface area (Å²) in [5.41, 5.74) is 3.13. The third-order valence-corrected chi connectivity index (χ3v) is 5.38. The van der Waals surface area contributed by atoms with Crippen LogP contribution in [0.5, 0.6) is 0 Å². The molecule has 6 nitrogen and oxygen atoms in total. The fourth-order valence-electron chi connectivity index (χ4n) is 3.37. The second kappa shape index (κ2) is 8.76. The molecule has 0 bridgehead atoms. The summed E-state index contributed by atoms with van der Waals surface area (Å²) >= 11 is 5.92. The summed E-state index contributed by atoms with van der Waals surface area (Å²) in [7, 11) is 0. The third-order valence-electron chi connectivity index (χ3n) is 5.13. The molecule has 0 radical (unpaired) electrons. The predicted octanol–water partition coefficient (Wildman–Crippen LogP) is 3.59. The number of hydrogen-bond donors (Lipinski definition) is 0. The van der Waals surface area contributed by atoms with E-state index in [1.54, 1.807) is 12.1 Å². The fourth-order valence-corrected chi connectivity index (χ4v) is 3.50. The minimum atomic E-state index is 0.177. The molecule has 1 saturated heterocycles. The van der Waals surface area contributed by atoms with Crippen LogP contribution >= 0.6 is 11.6 Å².